The molecule has 2 atom stereocenters. The van der Waals surface area contributed by atoms with Crippen LogP contribution in [0, 0.1) is 0 Å². The van der Waals surface area contributed by atoms with Crippen molar-refractivity contribution in [3.8, 4) is 0 Å². The Labute approximate surface area is 109 Å². The van der Waals surface area contributed by atoms with Gasteiger partial charge in [0.2, 0.25) is 0 Å². The first kappa shape index (κ1) is 13.3. The van der Waals surface area contributed by atoms with Crippen LogP contribution in [0.5, 0.6) is 0 Å². The van der Waals surface area contributed by atoms with Crippen molar-refractivity contribution in [2.75, 3.05) is 31.6 Å². The molecule has 2 unspecified atom stereocenters. The van der Waals surface area contributed by atoms with E-state index in [1.807, 2.05) is 13.2 Å². The number of ether oxygens (including phenoxy) is 1. The second-order valence-electron chi connectivity index (χ2n) is 4.93. The molecule has 1 saturated heterocycles. The normalized spacial score (nSPS) is 22.6. The van der Waals surface area contributed by atoms with Crippen LogP contribution in [-0.2, 0) is 4.74 Å². The van der Waals surface area contributed by atoms with E-state index in [0.717, 1.165) is 31.8 Å². The summed E-state index contributed by atoms with van der Waals surface area (Å²) in [6.07, 6.45) is 3.35. The molecular formula is C14H23N3O. The Morgan fingerprint density at radius 2 is 2.33 bits per heavy atom. The van der Waals surface area contributed by atoms with Crippen LogP contribution in [0.4, 0.5) is 5.69 Å². The van der Waals surface area contributed by atoms with Crippen LogP contribution in [0.15, 0.2) is 18.3 Å². The zero-order valence-electron chi connectivity index (χ0n) is 11.5. The quantitative estimate of drug-likeness (QED) is 0.889. The molecule has 1 N–H and O–H groups in total. The van der Waals surface area contributed by atoms with E-state index in [1.54, 1.807) is 0 Å². The lowest BCUT2D eigenvalue weighted by atomic mass is 10.2. The van der Waals surface area contributed by atoms with E-state index < -0.39 is 0 Å². The van der Waals surface area contributed by atoms with Gasteiger partial charge in [0.1, 0.15) is 0 Å². The van der Waals surface area contributed by atoms with Crippen molar-refractivity contribution in [2.24, 2.45) is 0 Å². The monoisotopic (exact) mass is 249 g/mol. The standard InChI is InChI=1S/C14H23N3O/c1-11-10-17(7-4-8-18-11)13-5-6-14(16-9-13)12(2)15-3/h5-6,9,11-12,15H,4,7-8,10H2,1-3H3. The summed E-state index contributed by atoms with van der Waals surface area (Å²) in [5, 5.41) is 3.20. The molecule has 2 rings (SSSR count). The minimum atomic E-state index is 0.295. The van der Waals surface area contributed by atoms with Gasteiger partial charge in [-0.3, -0.25) is 4.98 Å². The van der Waals surface area contributed by atoms with E-state index in [4.69, 9.17) is 4.74 Å². The predicted octanol–water partition coefficient (Wildman–Crippen LogP) is 1.98. The van der Waals surface area contributed by atoms with Crippen LogP contribution in [0.25, 0.3) is 0 Å². The molecule has 0 aromatic carbocycles. The van der Waals surface area contributed by atoms with E-state index in [9.17, 15) is 0 Å². The van der Waals surface area contributed by atoms with E-state index in [1.165, 1.54) is 5.69 Å². The summed E-state index contributed by atoms with van der Waals surface area (Å²) < 4.78 is 5.66. The number of hydrogen-bond donors (Lipinski definition) is 1. The summed E-state index contributed by atoms with van der Waals surface area (Å²) in [6.45, 7) is 7.10. The van der Waals surface area contributed by atoms with Crippen molar-refractivity contribution in [2.45, 2.75) is 32.4 Å². The van der Waals surface area contributed by atoms with E-state index >= 15 is 0 Å². The molecule has 100 valence electrons. The fraction of sp³-hybridized carbons (Fsp3) is 0.643. The number of rotatable bonds is 3. The SMILES string of the molecule is CNC(C)c1ccc(N2CCCOC(C)C2)cn1. The molecule has 1 aliphatic heterocycles. The van der Waals surface area contributed by atoms with Crippen molar-refractivity contribution in [3.63, 3.8) is 0 Å². The molecule has 1 fully saturated rings. The zero-order valence-corrected chi connectivity index (χ0v) is 11.5. The van der Waals surface area contributed by atoms with Crippen LogP contribution < -0.4 is 10.2 Å². The Balaban J connectivity index is 2.08. The summed E-state index contributed by atoms with van der Waals surface area (Å²) in [6, 6.07) is 4.56. The average molecular weight is 249 g/mol. The van der Waals surface area contributed by atoms with Gasteiger partial charge in [-0.2, -0.15) is 0 Å². The van der Waals surface area contributed by atoms with Gasteiger partial charge in [0.15, 0.2) is 0 Å². The third-order valence-corrected chi connectivity index (χ3v) is 3.46. The Kier molecular flexibility index (Phi) is 4.55. The summed E-state index contributed by atoms with van der Waals surface area (Å²) in [4.78, 5) is 6.89. The topological polar surface area (TPSA) is 37.4 Å². The first-order valence-electron chi connectivity index (χ1n) is 6.70. The minimum absolute atomic E-state index is 0.295. The molecule has 0 saturated carbocycles. The highest BCUT2D eigenvalue weighted by Crippen LogP contribution is 2.18. The first-order chi connectivity index (χ1) is 8.70. The van der Waals surface area contributed by atoms with Crippen LogP contribution in [0.3, 0.4) is 0 Å². The van der Waals surface area contributed by atoms with E-state index in [0.29, 0.717) is 12.1 Å². The van der Waals surface area contributed by atoms with E-state index in [2.05, 4.69) is 41.2 Å². The molecule has 4 nitrogen and oxygen atoms in total. The van der Waals surface area contributed by atoms with Gasteiger partial charge in [0.05, 0.1) is 23.7 Å². The Morgan fingerprint density at radius 1 is 1.50 bits per heavy atom. The Bertz CT molecular complexity index is 366. The van der Waals surface area contributed by atoms with Crippen LogP contribution in [0.1, 0.15) is 32.0 Å². The molecular weight excluding hydrogens is 226 g/mol. The first-order valence-corrected chi connectivity index (χ1v) is 6.70. The van der Waals surface area contributed by atoms with Gasteiger partial charge in [-0.05, 0) is 39.4 Å². The van der Waals surface area contributed by atoms with Gasteiger partial charge >= 0.3 is 0 Å². The molecule has 0 bridgehead atoms. The van der Waals surface area contributed by atoms with Crippen LogP contribution in [-0.4, -0.2) is 37.8 Å². The van der Waals surface area contributed by atoms with Crippen molar-refractivity contribution < 1.29 is 4.74 Å². The largest absolute Gasteiger partial charge is 0.377 e. The lowest BCUT2D eigenvalue weighted by Gasteiger charge is -2.24. The molecule has 0 amide bonds. The molecule has 1 aromatic rings. The number of anilines is 1. The fourth-order valence-electron chi connectivity index (χ4n) is 2.22. The van der Waals surface area contributed by atoms with E-state index in [-0.39, 0.29) is 0 Å². The lowest BCUT2D eigenvalue weighted by Crippen LogP contribution is -2.30. The molecule has 18 heavy (non-hydrogen) atoms. The highest BCUT2D eigenvalue weighted by Gasteiger charge is 2.15. The van der Waals surface area contributed by atoms with Crippen molar-refractivity contribution >= 4 is 5.69 Å². The third kappa shape index (κ3) is 3.21. The van der Waals surface area contributed by atoms with Crippen LogP contribution >= 0.6 is 0 Å². The Hall–Kier alpha value is -1.13. The number of nitrogens with one attached hydrogen (secondary N) is 1. The van der Waals surface area contributed by atoms with Crippen molar-refractivity contribution in [1.29, 1.82) is 0 Å². The van der Waals surface area contributed by atoms with Crippen molar-refractivity contribution in [3.05, 3.63) is 24.0 Å². The average Bonchev–Trinajstić information content (AvgIpc) is 2.63. The van der Waals surface area contributed by atoms with Gasteiger partial charge in [0.25, 0.3) is 0 Å². The molecule has 2 heterocycles. The highest BCUT2D eigenvalue weighted by atomic mass is 16.5. The number of hydrogen-bond acceptors (Lipinski definition) is 4. The number of nitrogens with zero attached hydrogens (tertiary/aromatic N) is 2. The Morgan fingerprint density at radius 3 is 3.00 bits per heavy atom. The summed E-state index contributed by atoms with van der Waals surface area (Å²) in [5.41, 5.74) is 2.28. The fourth-order valence-corrected chi connectivity index (χ4v) is 2.22. The number of aromatic nitrogens is 1. The van der Waals surface area contributed by atoms with Gasteiger partial charge in [-0.15, -0.1) is 0 Å². The molecule has 0 aliphatic carbocycles. The number of pyridine rings is 1. The van der Waals surface area contributed by atoms with Crippen LogP contribution in [0.2, 0.25) is 0 Å². The lowest BCUT2D eigenvalue weighted by molar-refractivity contribution is 0.0821. The molecule has 0 radical (unpaired) electrons. The predicted molar refractivity (Wildman–Crippen MR) is 74.0 cm³/mol. The summed E-state index contributed by atoms with van der Waals surface area (Å²) in [7, 11) is 1.95. The van der Waals surface area contributed by atoms with Gasteiger partial charge in [-0.1, -0.05) is 0 Å². The second kappa shape index (κ2) is 6.16. The molecule has 1 aliphatic rings. The highest BCUT2D eigenvalue weighted by molar-refractivity contribution is 5.45. The summed E-state index contributed by atoms with van der Waals surface area (Å²) >= 11 is 0. The van der Waals surface area contributed by atoms with Gasteiger partial charge in [0, 0.05) is 25.7 Å². The van der Waals surface area contributed by atoms with Crippen molar-refractivity contribution in [1.82, 2.24) is 10.3 Å². The molecule has 1 aromatic heterocycles. The second-order valence-corrected chi connectivity index (χ2v) is 4.93. The smallest absolute Gasteiger partial charge is 0.0721 e. The minimum Gasteiger partial charge on any atom is -0.377 e. The molecule has 0 spiro atoms. The van der Waals surface area contributed by atoms with Gasteiger partial charge < -0.3 is 15.0 Å². The maximum absolute atomic E-state index is 5.66. The van der Waals surface area contributed by atoms with Gasteiger partial charge in [-0.25, -0.2) is 0 Å². The third-order valence-electron chi connectivity index (χ3n) is 3.46. The maximum atomic E-state index is 5.66. The maximum Gasteiger partial charge on any atom is 0.0721 e. The summed E-state index contributed by atoms with van der Waals surface area (Å²) in [5.74, 6) is 0. The molecule has 4 heteroatoms. The zero-order chi connectivity index (χ0) is 13.0.